The van der Waals surface area contributed by atoms with E-state index in [2.05, 4.69) is 26.2 Å². The minimum atomic E-state index is -3.99. The number of rotatable bonds is 2. The molecule has 0 radical (unpaired) electrons. The molecule has 0 aliphatic rings. The van der Waals surface area contributed by atoms with E-state index in [0.717, 1.165) is 0 Å². The molecule has 0 aliphatic carbocycles. The van der Waals surface area contributed by atoms with Gasteiger partial charge in [-0.2, -0.15) is 0 Å². The molecule has 7 nitrogen and oxygen atoms in total. The number of aromatic nitrogens is 1. The molecule has 1 amide bonds. The molecule has 1 aromatic heterocycles. The third kappa shape index (κ3) is 5.13. The van der Waals surface area contributed by atoms with Crippen LogP contribution in [0.3, 0.4) is 0 Å². The van der Waals surface area contributed by atoms with Crippen LogP contribution in [-0.2, 0) is 14.8 Å². The van der Waals surface area contributed by atoms with Gasteiger partial charge in [-0.15, -0.1) is 0 Å². The van der Waals surface area contributed by atoms with Crippen molar-refractivity contribution >= 4 is 37.9 Å². The molecule has 0 spiro atoms. The standard InChI is InChI=1S/C10H14BrN3O4S/c1-10(2,3)18-9(15)14-8-6(19(12,16)17)4-5-7(11)13-8/h4-5H,1-3H3,(H2,12,16,17)(H,13,14,15). The lowest BCUT2D eigenvalue weighted by molar-refractivity contribution is 0.0635. The van der Waals surface area contributed by atoms with E-state index < -0.39 is 21.7 Å². The first-order valence-corrected chi connectivity index (χ1v) is 7.52. The van der Waals surface area contributed by atoms with Gasteiger partial charge in [-0.3, -0.25) is 5.32 Å². The minimum Gasteiger partial charge on any atom is -0.444 e. The van der Waals surface area contributed by atoms with Crippen LogP contribution in [0.5, 0.6) is 0 Å². The summed E-state index contributed by atoms with van der Waals surface area (Å²) < 4.78 is 28.1. The molecule has 0 bridgehead atoms. The number of carbonyl (C=O) groups is 1. The van der Waals surface area contributed by atoms with Crippen molar-refractivity contribution in [2.45, 2.75) is 31.3 Å². The first kappa shape index (κ1) is 15.9. The zero-order valence-electron chi connectivity index (χ0n) is 10.6. The Kier molecular flexibility index (Phi) is 4.54. The summed E-state index contributed by atoms with van der Waals surface area (Å²) in [6.07, 6.45) is -0.817. The number of ether oxygens (including phenoxy) is 1. The molecule has 1 rings (SSSR count). The van der Waals surface area contributed by atoms with Crippen molar-refractivity contribution in [3.05, 3.63) is 16.7 Å². The predicted molar refractivity (Wildman–Crippen MR) is 73.2 cm³/mol. The van der Waals surface area contributed by atoms with Crippen molar-refractivity contribution in [2.75, 3.05) is 5.32 Å². The van der Waals surface area contributed by atoms with Crippen LogP contribution < -0.4 is 10.5 Å². The van der Waals surface area contributed by atoms with E-state index in [0.29, 0.717) is 4.60 Å². The van der Waals surface area contributed by atoms with Crippen molar-refractivity contribution < 1.29 is 17.9 Å². The number of carbonyl (C=O) groups excluding carboxylic acids is 1. The lowest BCUT2D eigenvalue weighted by Gasteiger charge is -2.19. The number of anilines is 1. The van der Waals surface area contributed by atoms with Crippen LogP contribution in [0.25, 0.3) is 0 Å². The van der Waals surface area contributed by atoms with Gasteiger partial charge in [-0.05, 0) is 48.8 Å². The third-order valence-electron chi connectivity index (χ3n) is 1.75. The summed E-state index contributed by atoms with van der Waals surface area (Å²) in [5, 5.41) is 7.29. The fourth-order valence-electron chi connectivity index (χ4n) is 1.14. The van der Waals surface area contributed by atoms with E-state index in [4.69, 9.17) is 9.88 Å². The Morgan fingerprint density at radius 1 is 1.42 bits per heavy atom. The maximum absolute atomic E-state index is 11.6. The highest BCUT2D eigenvalue weighted by molar-refractivity contribution is 9.10. The van der Waals surface area contributed by atoms with Crippen LogP contribution in [0, 0.1) is 0 Å². The number of amides is 1. The van der Waals surface area contributed by atoms with Gasteiger partial charge in [-0.1, -0.05) is 0 Å². The van der Waals surface area contributed by atoms with Crippen molar-refractivity contribution in [3.8, 4) is 0 Å². The Bertz CT molecular complexity index is 595. The highest BCUT2D eigenvalue weighted by atomic mass is 79.9. The van der Waals surface area contributed by atoms with E-state index in [-0.39, 0.29) is 10.7 Å². The average Bonchev–Trinajstić information content (AvgIpc) is 2.11. The van der Waals surface area contributed by atoms with E-state index in [1.54, 1.807) is 20.8 Å². The largest absolute Gasteiger partial charge is 0.444 e. The van der Waals surface area contributed by atoms with Gasteiger partial charge in [0.2, 0.25) is 10.0 Å². The highest BCUT2D eigenvalue weighted by Gasteiger charge is 2.21. The van der Waals surface area contributed by atoms with Gasteiger partial charge in [0.15, 0.2) is 5.82 Å². The summed E-state index contributed by atoms with van der Waals surface area (Å²) in [7, 11) is -3.99. The number of sulfonamides is 1. The van der Waals surface area contributed by atoms with Crippen LogP contribution in [0.15, 0.2) is 21.6 Å². The average molecular weight is 352 g/mol. The topological polar surface area (TPSA) is 111 Å². The summed E-state index contributed by atoms with van der Waals surface area (Å²) >= 11 is 3.08. The zero-order valence-corrected chi connectivity index (χ0v) is 13.0. The van der Waals surface area contributed by atoms with Gasteiger partial charge in [0, 0.05) is 0 Å². The monoisotopic (exact) mass is 351 g/mol. The number of primary sulfonamides is 1. The lowest BCUT2D eigenvalue weighted by atomic mass is 10.2. The van der Waals surface area contributed by atoms with Gasteiger partial charge in [-0.25, -0.2) is 23.3 Å². The van der Waals surface area contributed by atoms with Crippen LogP contribution in [0.2, 0.25) is 0 Å². The van der Waals surface area contributed by atoms with Gasteiger partial charge >= 0.3 is 6.09 Å². The van der Waals surface area contributed by atoms with E-state index in [9.17, 15) is 13.2 Å². The zero-order chi connectivity index (χ0) is 14.8. The first-order chi connectivity index (χ1) is 8.49. The van der Waals surface area contributed by atoms with Gasteiger partial charge < -0.3 is 4.74 Å². The molecule has 3 N–H and O–H groups in total. The molecule has 106 valence electrons. The van der Waals surface area contributed by atoms with Crippen molar-refractivity contribution in [1.82, 2.24) is 4.98 Å². The molecule has 0 saturated heterocycles. The fraction of sp³-hybridized carbons (Fsp3) is 0.400. The molecule has 0 fully saturated rings. The number of nitrogens with two attached hydrogens (primary N) is 1. The summed E-state index contributed by atoms with van der Waals surface area (Å²) in [4.78, 5) is 15.2. The number of hydrogen-bond donors (Lipinski definition) is 2. The molecule has 0 atom stereocenters. The van der Waals surface area contributed by atoms with Gasteiger partial charge in [0.1, 0.15) is 15.1 Å². The summed E-state index contributed by atoms with van der Waals surface area (Å²) in [5.41, 5.74) is -0.710. The smallest absolute Gasteiger partial charge is 0.413 e. The van der Waals surface area contributed by atoms with E-state index in [1.807, 2.05) is 0 Å². The molecule has 0 aromatic carbocycles. The first-order valence-electron chi connectivity index (χ1n) is 5.18. The number of pyridine rings is 1. The third-order valence-corrected chi connectivity index (χ3v) is 3.13. The van der Waals surface area contributed by atoms with E-state index in [1.165, 1.54) is 12.1 Å². The van der Waals surface area contributed by atoms with E-state index >= 15 is 0 Å². The van der Waals surface area contributed by atoms with Crippen molar-refractivity contribution in [3.63, 3.8) is 0 Å². The van der Waals surface area contributed by atoms with Crippen molar-refractivity contribution in [2.24, 2.45) is 5.14 Å². The van der Waals surface area contributed by atoms with Gasteiger partial charge in [0.05, 0.1) is 0 Å². The Hall–Kier alpha value is -1.19. The molecule has 0 unspecified atom stereocenters. The molecule has 1 aromatic rings. The van der Waals surface area contributed by atoms with Crippen LogP contribution >= 0.6 is 15.9 Å². The molecule has 1 heterocycles. The Morgan fingerprint density at radius 2 is 2.00 bits per heavy atom. The number of hydrogen-bond acceptors (Lipinski definition) is 5. The number of nitrogens with one attached hydrogen (secondary N) is 1. The molecule has 9 heteroatoms. The van der Waals surface area contributed by atoms with Crippen LogP contribution in [0.1, 0.15) is 20.8 Å². The summed E-state index contributed by atoms with van der Waals surface area (Å²) in [6, 6.07) is 2.64. The molecule has 0 aliphatic heterocycles. The molecular weight excluding hydrogens is 338 g/mol. The molecule has 0 saturated carbocycles. The summed E-state index contributed by atoms with van der Waals surface area (Å²) in [5.74, 6) is -0.189. The SMILES string of the molecule is CC(C)(C)OC(=O)Nc1nc(Br)ccc1S(N)(=O)=O. The van der Waals surface area contributed by atoms with Crippen LogP contribution in [-0.4, -0.2) is 25.1 Å². The quantitative estimate of drug-likeness (QED) is 0.789. The summed E-state index contributed by atoms with van der Waals surface area (Å²) in [6.45, 7) is 5.05. The van der Waals surface area contributed by atoms with Crippen LogP contribution in [0.4, 0.5) is 10.6 Å². The molecular formula is C10H14BrN3O4S. The number of nitrogens with zero attached hydrogens (tertiary/aromatic N) is 1. The second-order valence-electron chi connectivity index (χ2n) is 4.65. The lowest BCUT2D eigenvalue weighted by Crippen LogP contribution is -2.28. The molecule has 19 heavy (non-hydrogen) atoms. The second kappa shape index (κ2) is 5.43. The second-order valence-corrected chi connectivity index (χ2v) is 6.99. The predicted octanol–water partition coefficient (Wildman–Crippen LogP) is 1.84. The number of halogens is 1. The maximum atomic E-state index is 11.6. The Labute approximate surface area is 119 Å². The highest BCUT2D eigenvalue weighted by Crippen LogP contribution is 2.21. The van der Waals surface area contributed by atoms with Gasteiger partial charge in [0.25, 0.3) is 0 Å². The Balaban J connectivity index is 3.07. The Morgan fingerprint density at radius 3 is 2.47 bits per heavy atom. The normalized spacial score (nSPS) is 12.1. The minimum absolute atomic E-state index is 0.189. The maximum Gasteiger partial charge on any atom is 0.413 e. The fourth-order valence-corrected chi connectivity index (χ4v) is 2.08. The van der Waals surface area contributed by atoms with Crippen molar-refractivity contribution in [1.29, 1.82) is 0 Å².